The highest BCUT2D eigenvalue weighted by molar-refractivity contribution is 7.17. The van der Waals surface area contributed by atoms with Gasteiger partial charge in [0.2, 0.25) is 0 Å². The first kappa shape index (κ1) is 21.6. The van der Waals surface area contributed by atoms with Crippen molar-refractivity contribution in [2.45, 2.75) is 19.5 Å². The summed E-state index contributed by atoms with van der Waals surface area (Å²) in [7, 11) is 0. The van der Waals surface area contributed by atoms with Gasteiger partial charge in [-0.1, -0.05) is 0 Å². The summed E-state index contributed by atoms with van der Waals surface area (Å²) in [5.74, 6) is 0.438. The molecule has 29 heavy (non-hydrogen) atoms. The Morgan fingerprint density at radius 3 is 2.55 bits per heavy atom. The van der Waals surface area contributed by atoms with Gasteiger partial charge in [-0.05, 0) is 19.4 Å². The third kappa shape index (κ3) is 6.18. The van der Waals surface area contributed by atoms with Gasteiger partial charge in [-0.3, -0.25) is 9.69 Å². The van der Waals surface area contributed by atoms with Crippen molar-refractivity contribution in [2.24, 2.45) is 0 Å². The minimum atomic E-state index is -4.28. The molecule has 3 rings (SSSR count). The molecule has 1 amide bonds. The highest BCUT2D eigenvalue weighted by Crippen LogP contribution is 2.26. The van der Waals surface area contributed by atoms with E-state index in [1.807, 2.05) is 0 Å². The number of alkyl halides is 3. The van der Waals surface area contributed by atoms with E-state index in [4.69, 9.17) is 0 Å². The summed E-state index contributed by atoms with van der Waals surface area (Å²) in [4.78, 5) is 30.1. The molecule has 3 heterocycles. The maximum absolute atomic E-state index is 12.9. The first-order chi connectivity index (χ1) is 13.8. The van der Waals surface area contributed by atoms with E-state index in [0.717, 1.165) is 0 Å². The molecular weight excluding hydrogens is 407 g/mol. The highest BCUT2D eigenvalue weighted by atomic mass is 32.1. The van der Waals surface area contributed by atoms with Crippen LogP contribution in [0.4, 0.5) is 13.2 Å². The number of ether oxygens (including phenoxy) is 1. The van der Waals surface area contributed by atoms with E-state index in [0.29, 0.717) is 60.5 Å². The predicted molar refractivity (Wildman–Crippen MR) is 102 cm³/mol. The average Bonchev–Trinajstić information content (AvgIpc) is 3.09. The van der Waals surface area contributed by atoms with E-state index in [9.17, 15) is 18.0 Å². The number of carbonyl (C=O) groups excluding carboxylic acids is 1. The van der Waals surface area contributed by atoms with Crippen LogP contribution in [0.15, 0.2) is 18.5 Å². The van der Waals surface area contributed by atoms with Gasteiger partial charge >= 0.3 is 6.18 Å². The maximum Gasteiger partial charge on any atom is 0.411 e. The van der Waals surface area contributed by atoms with Crippen molar-refractivity contribution >= 4 is 17.2 Å². The van der Waals surface area contributed by atoms with Crippen molar-refractivity contribution in [2.75, 3.05) is 45.9 Å². The van der Waals surface area contributed by atoms with Crippen LogP contribution in [0, 0.1) is 6.92 Å². The molecule has 0 atom stereocenters. The zero-order chi connectivity index (χ0) is 20.9. The van der Waals surface area contributed by atoms with Crippen LogP contribution < -0.4 is 0 Å². The molecule has 0 spiro atoms. The van der Waals surface area contributed by atoms with Crippen LogP contribution in [-0.2, 0) is 4.74 Å². The Kier molecular flexibility index (Phi) is 7.14. The van der Waals surface area contributed by atoms with E-state index < -0.39 is 12.8 Å². The van der Waals surface area contributed by atoms with Crippen LogP contribution in [0.3, 0.4) is 0 Å². The lowest BCUT2D eigenvalue weighted by molar-refractivity contribution is -0.174. The number of amides is 1. The minimum absolute atomic E-state index is 0.0599. The summed E-state index contributed by atoms with van der Waals surface area (Å²) in [6.45, 7) is 3.80. The van der Waals surface area contributed by atoms with Gasteiger partial charge in [0.05, 0.1) is 5.69 Å². The molecule has 0 radical (unpaired) electrons. The summed E-state index contributed by atoms with van der Waals surface area (Å²) < 4.78 is 40.7. The van der Waals surface area contributed by atoms with Gasteiger partial charge in [-0.25, -0.2) is 15.0 Å². The van der Waals surface area contributed by atoms with Gasteiger partial charge < -0.3 is 9.64 Å². The summed E-state index contributed by atoms with van der Waals surface area (Å²) in [6.07, 6.45) is -0.492. The Balaban J connectivity index is 1.46. The van der Waals surface area contributed by atoms with Crippen LogP contribution in [0.25, 0.3) is 10.8 Å². The molecule has 1 saturated heterocycles. The number of carbonyl (C=O) groups is 1. The highest BCUT2D eigenvalue weighted by Gasteiger charge is 2.28. The molecule has 2 aromatic heterocycles. The molecule has 7 nitrogen and oxygen atoms in total. The first-order valence-corrected chi connectivity index (χ1v) is 10.1. The zero-order valence-electron chi connectivity index (χ0n) is 16.0. The van der Waals surface area contributed by atoms with Gasteiger partial charge in [-0.15, -0.1) is 11.3 Å². The van der Waals surface area contributed by atoms with E-state index >= 15 is 0 Å². The van der Waals surface area contributed by atoms with Crippen molar-refractivity contribution in [3.63, 3.8) is 0 Å². The molecule has 158 valence electrons. The normalized spacial score (nSPS) is 15.7. The topological polar surface area (TPSA) is 71.5 Å². The van der Waals surface area contributed by atoms with E-state index in [2.05, 4.69) is 24.6 Å². The van der Waals surface area contributed by atoms with E-state index in [1.54, 1.807) is 30.3 Å². The quantitative estimate of drug-likeness (QED) is 0.631. The molecule has 1 fully saturated rings. The third-order valence-electron chi connectivity index (χ3n) is 4.44. The SMILES string of the molecule is Cc1nc(-c2ncccn2)sc1C(=O)N1CCN(CCCOCC(F)(F)F)CC1. The second-order valence-electron chi connectivity index (χ2n) is 6.66. The lowest BCUT2D eigenvalue weighted by atomic mass is 10.2. The van der Waals surface area contributed by atoms with Crippen LogP contribution in [0.2, 0.25) is 0 Å². The van der Waals surface area contributed by atoms with Crippen LogP contribution >= 0.6 is 11.3 Å². The molecular formula is C18H22F3N5O2S. The predicted octanol–water partition coefficient (Wildman–Crippen LogP) is 2.64. The number of hydrogen-bond donors (Lipinski definition) is 0. The van der Waals surface area contributed by atoms with Gasteiger partial charge in [0.25, 0.3) is 5.91 Å². The zero-order valence-corrected chi connectivity index (χ0v) is 16.8. The Bertz CT molecular complexity index is 808. The molecule has 1 aliphatic rings. The molecule has 11 heteroatoms. The fourth-order valence-corrected chi connectivity index (χ4v) is 3.98. The third-order valence-corrected chi connectivity index (χ3v) is 5.58. The molecule has 0 saturated carbocycles. The van der Waals surface area contributed by atoms with Crippen molar-refractivity contribution in [1.29, 1.82) is 0 Å². The fourth-order valence-electron chi connectivity index (χ4n) is 3.00. The number of thiazole rings is 1. The lowest BCUT2D eigenvalue weighted by Gasteiger charge is -2.34. The molecule has 2 aromatic rings. The molecule has 0 aliphatic carbocycles. The van der Waals surface area contributed by atoms with Crippen molar-refractivity contribution in [3.05, 3.63) is 29.0 Å². The molecule has 0 N–H and O–H groups in total. The standard InChI is InChI=1S/C18H22F3N5O2S/c1-13-14(29-16(24-13)15-22-4-2-5-23-15)17(27)26-9-7-25(8-10-26)6-3-11-28-12-18(19,20)21/h2,4-5H,3,6-12H2,1H3. The van der Waals surface area contributed by atoms with Gasteiger partial charge in [-0.2, -0.15) is 13.2 Å². The minimum Gasteiger partial charge on any atom is -0.372 e. The van der Waals surface area contributed by atoms with Gasteiger partial charge in [0.1, 0.15) is 11.5 Å². The molecule has 0 aromatic carbocycles. The summed E-state index contributed by atoms with van der Waals surface area (Å²) in [5, 5.41) is 0.615. The Labute approximate surface area is 170 Å². The molecule has 0 bridgehead atoms. The lowest BCUT2D eigenvalue weighted by Crippen LogP contribution is -2.48. The Morgan fingerprint density at radius 2 is 1.90 bits per heavy atom. The number of rotatable bonds is 7. The summed E-state index contributed by atoms with van der Waals surface area (Å²) in [5.41, 5.74) is 0.659. The largest absolute Gasteiger partial charge is 0.411 e. The van der Waals surface area contributed by atoms with Gasteiger partial charge in [0.15, 0.2) is 10.8 Å². The van der Waals surface area contributed by atoms with Crippen molar-refractivity contribution < 1.29 is 22.7 Å². The number of nitrogens with zero attached hydrogens (tertiary/aromatic N) is 5. The number of halogens is 3. The van der Waals surface area contributed by atoms with E-state index in [1.165, 1.54) is 11.3 Å². The smallest absolute Gasteiger partial charge is 0.372 e. The molecule has 0 unspecified atom stereocenters. The van der Waals surface area contributed by atoms with Crippen molar-refractivity contribution in [3.8, 4) is 10.8 Å². The second kappa shape index (κ2) is 9.59. The van der Waals surface area contributed by atoms with Gasteiger partial charge in [0, 0.05) is 51.7 Å². The maximum atomic E-state index is 12.9. The Morgan fingerprint density at radius 1 is 1.21 bits per heavy atom. The van der Waals surface area contributed by atoms with E-state index in [-0.39, 0.29) is 12.5 Å². The van der Waals surface area contributed by atoms with Crippen LogP contribution in [0.1, 0.15) is 21.8 Å². The molecule has 1 aliphatic heterocycles. The number of aryl methyl sites for hydroxylation is 1. The Hall–Kier alpha value is -2.11. The number of hydrogen-bond acceptors (Lipinski definition) is 7. The monoisotopic (exact) mass is 429 g/mol. The summed E-state index contributed by atoms with van der Waals surface area (Å²) in [6, 6.07) is 1.72. The number of aromatic nitrogens is 3. The van der Waals surface area contributed by atoms with Crippen LogP contribution in [-0.4, -0.2) is 82.8 Å². The fraction of sp³-hybridized carbons (Fsp3) is 0.556. The van der Waals surface area contributed by atoms with Crippen molar-refractivity contribution in [1.82, 2.24) is 24.8 Å². The first-order valence-electron chi connectivity index (χ1n) is 9.24. The summed E-state index contributed by atoms with van der Waals surface area (Å²) >= 11 is 1.29. The second-order valence-corrected chi connectivity index (χ2v) is 7.66. The number of piperazine rings is 1. The average molecular weight is 429 g/mol. The van der Waals surface area contributed by atoms with Crippen LogP contribution in [0.5, 0.6) is 0 Å².